The van der Waals surface area contributed by atoms with Crippen molar-refractivity contribution in [2.45, 2.75) is 27.2 Å². The highest BCUT2D eigenvalue weighted by Gasteiger charge is 2.25. The van der Waals surface area contributed by atoms with Crippen LogP contribution in [0.4, 0.5) is 5.69 Å². The van der Waals surface area contributed by atoms with Crippen LogP contribution >= 0.6 is 27.5 Å². The van der Waals surface area contributed by atoms with Gasteiger partial charge in [0, 0.05) is 15.6 Å². The molecule has 0 spiro atoms. The molecule has 1 rings (SSSR count). The van der Waals surface area contributed by atoms with Crippen LogP contribution in [0.5, 0.6) is 0 Å². The number of amides is 1. The summed E-state index contributed by atoms with van der Waals surface area (Å²) in [6.45, 7) is 5.85. The molecule has 0 heterocycles. The maximum atomic E-state index is 11.9. The predicted octanol–water partition coefficient (Wildman–Crippen LogP) is 4.48. The molecule has 16 heavy (non-hydrogen) atoms. The summed E-state index contributed by atoms with van der Waals surface area (Å²) in [7, 11) is 0. The van der Waals surface area contributed by atoms with Crippen molar-refractivity contribution in [1.29, 1.82) is 0 Å². The molecule has 0 radical (unpaired) electrons. The standard InChI is InChI=1S/C12H15BrClNO/c1-4-12(2,3)11(16)15-8-5-6-10(14)9(13)7-8/h5-7H,4H2,1-3H3,(H,15,16). The molecule has 0 saturated heterocycles. The summed E-state index contributed by atoms with van der Waals surface area (Å²) in [5.41, 5.74) is 0.398. The van der Waals surface area contributed by atoms with E-state index < -0.39 is 0 Å². The molecule has 0 aromatic heterocycles. The van der Waals surface area contributed by atoms with E-state index in [-0.39, 0.29) is 11.3 Å². The van der Waals surface area contributed by atoms with Gasteiger partial charge in [0.25, 0.3) is 0 Å². The second kappa shape index (κ2) is 5.19. The summed E-state index contributed by atoms with van der Waals surface area (Å²) in [5, 5.41) is 3.51. The molecule has 4 heteroatoms. The van der Waals surface area contributed by atoms with Gasteiger partial charge in [-0.05, 0) is 40.5 Å². The summed E-state index contributed by atoms with van der Waals surface area (Å²) >= 11 is 9.20. The molecule has 1 N–H and O–H groups in total. The van der Waals surface area contributed by atoms with Crippen LogP contribution in [0, 0.1) is 5.41 Å². The molecule has 0 fully saturated rings. The Kier molecular flexibility index (Phi) is 4.39. The van der Waals surface area contributed by atoms with Gasteiger partial charge in [-0.1, -0.05) is 32.4 Å². The van der Waals surface area contributed by atoms with Gasteiger partial charge in [-0.2, -0.15) is 0 Å². The third-order valence-electron chi connectivity index (χ3n) is 2.68. The molecular weight excluding hydrogens is 289 g/mol. The zero-order valence-electron chi connectivity index (χ0n) is 9.60. The zero-order valence-corrected chi connectivity index (χ0v) is 11.9. The van der Waals surface area contributed by atoms with Gasteiger partial charge in [-0.15, -0.1) is 0 Å². The highest BCUT2D eigenvalue weighted by Crippen LogP contribution is 2.27. The number of carbonyl (C=O) groups excluding carboxylic acids is 1. The van der Waals surface area contributed by atoms with E-state index in [0.29, 0.717) is 5.02 Å². The van der Waals surface area contributed by atoms with Crippen LogP contribution in [-0.4, -0.2) is 5.91 Å². The number of rotatable bonds is 3. The molecule has 2 nitrogen and oxygen atoms in total. The van der Waals surface area contributed by atoms with E-state index in [0.717, 1.165) is 16.6 Å². The van der Waals surface area contributed by atoms with E-state index in [2.05, 4.69) is 21.2 Å². The fraction of sp³-hybridized carbons (Fsp3) is 0.417. The predicted molar refractivity (Wildman–Crippen MR) is 71.9 cm³/mol. The first kappa shape index (κ1) is 13.5. The Labute approximate surface area is 110 Å². The second-order valence-electron chi connectivity index (χ2n) is 4.32. The van der Waals surface area contributed by atoms with Crippen LogP contribution in [0.25, 0.3) is 0 Å². The van der Waals surface area contributed by atoms with Crippen molar-refractivity contribution >= 4 is 39.1 Å². The van der Waals surface area contributed by atoms with Crippen molar-refractivity contribution in [2.24, 2.45) is 5.41 Å². The zero-order chi connectivity index (χ0) is 12.3. The summed E-state index contributed by atoms with van der Waals surface area (Å²) in [6.07, 6.45) is 0.799. The minimum atomic E-state index is -0.355. The molecule has 88 valence electrons. The Morgan fingerprint density at radius 2 is 2.12 bits per heavy atom. The quantitative estimate of drug-likeness (QED) is 0.876. The molecule has 0 atom stereocenters. The Balaban J connectivity index is 2.82. The number of hydrogen-bond donors (Lipinski definition) is 1. The topological polar surface area (TPSA) is 29.1 Å². The smallest absolute Gasteiger partial charge is 0.230 e. The second-order valence-corrected chi connectivity index (χ2v) is 5.58. The summed E-state index contributed by atoms with van der Waals surface area (Å²) < 4.78 is 0.779. The molecule has 1 aromatic rings. The van der Waals surface area contributed by atoms with Gasteiger partial charge in [0.05, 0.1) is 5.02 Å². The van der Waals surface area contributed by atoms with Crippen LogP contribution in [0.3, 0.4) is 0 Å². The maximum absolute atomic E-state index is 11.9. The molecule has 0 saturated carbocycles. The van der Waals surface area contributed by atoms with Gasteiger partial charge in [-0.3, -0.25) is 4.79 Å². The van der Waals surface area contributed by atoms with E-state index in [1.54, 1.807) is 18.2 Å². The van der Waals surface area contributed by atoms with Crippen molar-refractivity contribution in [3.63, 3.8) is 0 Å². The monoisotopic (exact) mass is 303 g/mol. The Hall–Kier alpha value is -0.540. The Bertz CT molecular complexity index is 404. The molecule has 0 aliphatic rings. The van der Waals surface area contributed by atoms with Gasteiger partial charge < -0.3 is 5.32 Å². The Morgan fingerprint density at radius 3 is 2.62 bits per heavy atom. The number of halogens is 2. The fourth-order valence-corrected chi connectivity index (χ4v) is 1.53. The van der Waals surface area contributed by atoms with Crippen molar-refractivity contribution in [2.75, 3.05) is 5.32 Å². The van der Waals surface area contributed by atoms with Crippen LogP contribution in [0.15, 0.2) is 22.7 Å². The van der Waals surface area contributed by atoms with Gasteiger partial charge in [0.2, 0.25) is 5.91 Å². The van der Waals surface area contributed by atoms with Gasteiger partial charge in [0.1, 0.15) is 0 Å². The summed E-state index contributed by atoms with van der Waals surface area (Å²) in [6, 6.07) is 5.34. The third kappa shape index (κ3) is 3.22. The Morgan fingerprint density at radius 1 is 1.50 bits per heavy atom. The van der Waals surface area contributed by atoms with E-state index in [1.165, 1.54) is 0 Å². The number of anilines is 1. The van der Waals surface area contributed by atoms with Gasteiger partial charge in [-0.25, -0.2) is 0 Å². The highest BCUT2D eigenvalue weighted by atomic mass is 79.9. The molecular formula is C12H15BrClNO. The van der Waals surface area contributed by atoms with E-state index in [9.17, 15) is 4.79 Å². The molecule has 1 amide bonds. The van der Waals surface area contributed by atoms with Gasteiger partial charge >= 0.3 is 0 Å². The number of nitrogens with one attached hydrogen (secondary N) is 1. The van der Waals surface area contributed by atoms with Crippen molar-refractivity contribution in [3.05, 3.63) is 27.7 Å². The number of carbonyl (C=O) groups is 1. The summed E-state index contributed by atoms with van der Waals surface area (Å²) in [5.74, 6) is 0.0178. The molecule has 1 aromatic carbocycles. The molecule has 0 aliphatic heterocycles. The van der Waals surface area contributed by atoms with Crippen LogP contribution in [0.2, 0.25) is 5.02 Å². The maximum Gasteiger partial charge on any atom is 0.230 e. The first-order valence-corrected chi connectivity index (χ1v) is 6.30. The normalized spacial score (nSPS) is 11.3. The molecule has 0 unspecified atom stereocenters. The first-order valence-electron chi connectivity index (χ1n) is 5.13. The number of hydrogen-bond acceptors (Lipinski definition) is 1. The lowest BCUT2D eigenvalue weighted by atomic mass is 9.89. The first-order chi connectivity index (χ1) is 7.36. The van der Waals surface area contributed by atoms with Crippen LogP contribution in [-0.2, 0) is 4.79 Å². The van der Waals surface area contributed by atoms with Crippen molar-refractivity contribution < 1.29 is 4.79 Å². The highest BCUT2D eigenvalue weighted by molar-refractivity contribution is 9.10. The average Bonchev–Trinajstić information content (AvgIpc) is 2.23. The third-order valence-corrected chi connectivity index (χ3v) is 3.89. The fourth-order valence-electron chi connectivity index (χ4n) is 1.03. The number of benzene rings is 1. The lowest BCUT2D eigenvalue weighted by Crippen LogP contribution is -2.29. The van der Waals surface area contributed by atoms with Crippen molar-refractivity contribution in [3.8, 4) is 0 Å². The minimum Gasteiger partial charge on any atom is -0.326 e. The average molecular weight is 305 g/mol. The van der Waals surface area contributed by atoms with Crippen LogP contribution < -0.4 is 5.32 Å². The minimum absolute atomic E-state index is 0.0178. The van der Waals surface area contributed by atoms with Gasteiger partial charge in [0.15, 0.2) is 0 Å². The molecule has 0 aliphatic carbocycles. The lowest BCUT2D eigenvalue weighted by molar-refractivity contribution is -0.124. The van der Waals surface area contributed by atoms with Crippen molar-refractivity contribution in [1.82, 2.24) is 0 Å². The summed E-state index contributed by atoms with van der Waals surface area (Å²) in [4.78, 5) is 11.9. The van der Waals surface area contributed by atoms with E-state index in [4.69, 9.17) is 11.6 Å². The largest absolute Gasteiger partial charge is 0.326 e. The molecule has 0 bridgehead atoms. The van der Waals surface area contributed by atoms with E-state index in [1.807, 2.05) is 20.8 Å². The lowest BCUT2D eigenvalue weighted by Gasteiger charge is -2.21. The van der Waals surface area contributed by atoms with Crippen LogP contribution in [0.1, 0.15) is 27.2 Å². The SMILES string of the molecule is CCC(C)(C)C(=O)Nc1ccc(Cl)c(Br)c1. The van der Waals surface area contributed by atoms with E-state index >= 15 is 0 Å².